The van der Waals surface area contributed by atoms with E-state index in [1.165, 1.54) is 0 Å². The number of pyridine rings is 1. The minimum absolute atomic E-state index is 0.0648. The molecule has 0 aliphatic heterocycles. The van der Waals surface area contributed by atoms with Crippen LogP contribution in [0.5, 0.6) is 17.4 Å². The smallest absolute Gasteiger partial charge is 0.230 e. The maximum Gasteiger partial charge on any atom is 0.230 e. The van der Waals surface area contributed by atoms with Gasteiger partial charge in [0, 0.05) is 6.20 Å². The number of nitrogens with zero attached hydrogens (tertiary/aromatic N) is 2. The quantitative estimate of drug-likeness (QED) is 0.369. The Morgan fingerprint density at radius 3 is 2.71 bits per heavy atom. The molecule has 0 unspecified atom stereocenters. The molecule has 21 heavy (non-hydrogen) atoms. The van der Waals surface area contributed by atoms with Crippen LogP contribution in [0.15, 0.2) is 47.8 Å². The van der Waals surface area contributed by atoms with Gasteiger partial charge in [0.15, 0.2) is 17.3 Å². The molecule has 2 aromatic rings. The van der Waals surface area contributed by atoms with E-state index in [1.807, 2.05) is 25.1 Å². The molecule has 0 radical (unpaired) electrons. The largest absolute Gasteiger partial charge is 0.490 e. The molecule has 0 aliphatic carbocycles. The second-order valence-corrected chi connectivity index (χ2v) is 4.24. The van der Waals surface area contributed by atoms with Crippen LogP contribution in [-0.4, -0.2) is 22.6 Å². The number of aromatic nitrogens is 1. The molecule has 0 saturated heterocycles. The summed E-state index contributed by atoms with van der Waals surface area (Å²) in [5.74, 6) is 1.33. The number of nitrogens with two attached hydrogens (primary N) is 1. The molecular weight excluding hydrogens is 270 g/mol. The van der Waals surface area contributed by atoms with Crippen LogP contribution in [0.2, 0.25) is 0 Å². The predicted molar refractivity (Wildman–Crippen MR) is 79.0 cm³/mol. The van der Waals surface area contributed by atoms with Gasteiger partial charge in [-0.1, -0.05) is 24.2 Å². The van der Waals surface area contributed by atoms with Crippen LogP contribution in [0.3, 0.4) is 0 Å². The molecule has 0 bridgehead atoms. The highest BCUT2D eigenvalue weighted by Gasteiger charge is 2.12. The van der Waals surface area contributed by atoms with Crippen molar-refractivity contribution in [3.63, 3.8) is 0 Å². The van der Waals surface area contributed by atoms with Gasteiger partial charge in [-0.25, -0.2) is 4.98 Å². The first-order chi connectivity index (χ1) is 10.3. The van der Waals surface area contributed by atoms with Gasteiger partial charge < -0.3 is 20.4 Å². The molecule has 0 aliphatic rings. The van der Waals surface area contributed by atoms with E-state index in [9.17, 15) is 0 Å². The minimum Gasteiger partial charge on any atom is -0.490 e. The highest BCUT2D eigenvalue weighted by Crippen LogP contribution is 2.31. The molecule has 6 heteroatoms. The maximum atomic E-state index is 8.80. The Labute approximate surface area is 122 Å². The van der Waals surface area contributed by atoms with Crippen LogP contribution < -0.4 is 15.2 Å². The summed E-state index contributed by atoms with van der Waals surface area (Å²) in [6, 6.07) is 10.6. The van der Waals surface area contributed by atoms with Crippen molar-refractivity contribution in [1.82, 2.24) is 4.98 Å². The highest BCUT2D eigenvalue weighted by molar-refractivity contribution is 5.99. The first kappa shape index (κ1) is 14.6. The normalized spacial score (nSPS) is 11.2. The minimum atomic E-state index is -0.0648. The summed E-state index contributed by atoms with van der Waals surface area (Å²) < 4.78 is 11.4. The van der Waals surface area contributed by atoms with Gasteiger partial charge in [0.1, 0.15) is 0 Å². The summed E-state index contributed by atoms with van der Waals surface area (Å²) in [5, 5.41) is 11.8. The molecule has 6 nitrogen and oxygen atoms in total. The number of benzene rings is 1. The van der Waals surface area contributed by atoms with Gasteiger partial charge in [0.05, 0.1) is 12.2 Å². The van der Waals surface area contributed by atoms with Gasteiger partial charge in [-0.3, -0.25) is 0 Å². The second-order valence-electron chi connectivity index (χ2n) is 4.24. The third-order valence-corrected chi connectivity index (χ3v) is 2.67. The summed E-state index contributed by atoms with van der Waals surface area (Å²) in [6.45, 7) is 2.62. The van der Waals surface area contributed by atoms with Gasteiger partial charge in [0.25, 0.3) is 0 Å². The zero-order chi connectivity index (χ0) is 15.1. The van der Waals surface area contributed by atoms with Crippen LogP contribution in [0, 0.1) is 0 Å². The fraction of sp³-hybridized carbons (Fsp3) is 0.200. The lowest BCUT2D eigenvalue weighted by Gasteiger charge is -2.13. The third-order valence-electron chi connectivity index (χ3n) is 2.67. The van der Waals surface area contributed by atoms with E-state index < -0.39 is 0 Å². The molecule has 0 spiro atoms. The van der Waals surface area contributed by atoms with E-state index in [0.717, 1.165) is 6.42 Å². The van der Waals surface area contributed by atoms with Gasteiger partial charge >= 0.3 is 0 Å². The van der Waals surface area contributed by atoms with Crippen molar-refractivity contribution in [2.75, 3.05) is 6.61 Å². The summed E-state index contributed by atoms with van der Waals surface area (Å²) in [6.07, 6.45) is 2.46. The molecule has 0 saturated carbocycles. The molecule has 2 rings (SSSR count). The SMILES string of the molecule is CCCOc1ccccc1Oc1ncccc1/C(N)=N/O. The number of para-hydroxylation sites is 2. The molecule has 0 amide bonds. The zero-order valence-electron chi connectivity index (χ0n) is 11.7. The summed E-state index contributed by atoms with van der Waals surface area (Å²) >= 11 is 0. The van der Waals surface area contributed by atoms with Gasteiger partial charge in [-0.05, 0) is 30.7 Å². The average molecular weight is 287 g/mol. The summed E-state index contributed by atoms with van der Waals surface area (Å²) in [7, 11) is 0. The maximum absolute atomic E-state index is 8.80. The zero-order valence-corrected chi connectivity index (χ0v) is 11.7. The Bertz CT molecular complexity index is 629. The molecular formula is C15H17N3O3. The van der Waals surface area contributed by atoms with E-state index in [-0.39, 0.29) is 11.7 Å². The first-order valence-electron chi connectivity index (χ1n) is 6.58. The van der Waals surface area contributed by atoms with Crippen molar-refractivity contribution in [3.8, 4) is 17.4 Å². The van der Waals surface area contributed by atoms with Crippen molar-refractivity contribution < 1.29 is 14.7 Å². The summed E-state index contributed by atoms with van der Waals surface area (Å²) in [4.78, 5) is 4.11. The number of amidine groups is 1. The molecule has 1 heterocycles. The van der Waals surface area contributed by atoms with Crippen LogP contribution in [-0.2, 0) is 0 Å². The van der Waals surface area contributed by atoms with E-state index >= 15 is 0 Å². The number of hydrogen-bond acceptors (Lipinski definition) is 5. The Kier molecular flexibility index (Phi) is 4.98. The van der Waals surface area contributed by atoms with E-state index in [0.29, 0.717) is 23.7 Å². The Balaban J connectivity index is 2.31. The fourth-order valence-electron chi connectivity index (χ4n) is 1.69. The van der Waals surface area contributed by atoms with E-state index in [2.05, 4.69) is 10.1 Å². The molecule has 0 fully saturated rings. The van der Waals surface area contributed by atoms with Crippen molar-refractivity contribution in [3.05, 3.63) is 48.2 Å². The van der Waals surface area contributed by atoms with Gasteiger partial charge in [0.2, 0.25) is 5.88 Å². The lowest BCUT2D eigenvalue weighted by molar-refractivity contribution is 0.300. The number of oxime groups is 1. The molecule has 1 aromatic heterocycles. The monoisotopic (exact) mass is 287 g/mol. The van der Waals surface area contributed by atoms with Crippen LogP contribution >= 0.6 is 0 Å². The number of ether oxygens (including phenoxy) is 2. The van der Waals surface area contributed by atoms with E-state index in [1.54, 1.807) is 24.4 Å². The molecule has 110 valence electrons. The fourth-order valence-corrected chi connectivity index (χ4v) is 1.69. The number of rotatable bonds is 6. The second kappa shape index (κ2) is 7.14. The average Bonchev–Trinajstić information content (AvgIpc) is 2.54. The topological polar surface area (TPSA) is 90.0 Å². The van der Waals surface area contributed by atoms with Crippen molar-refractivity contribution in [2.45, 2.75) is 13.3 Å². The predicted octanol–water partition coefficient (Wildman–Crippen LogP) is 2.76. The van der Waals surface area contributed by atoms with Crippen molar-refractivity contribution >= 4 is 5.84 Å². The van der Waals surface area contributed by atoms with Crippen molar-refractivity contribution in [1.29, 1.82) is 0 Å². The van der Waals surface area contributed by atoms with Gasteiger partial charge in [-0.2, -0.15) is 0 Å². The van der Waals surface area contributed by atoms with Crippen molar-refractivity contribution in [2.24, 2.45) is 10.9 Å². The molecule has 1 aromatic carbocycles. The third kappa shape index (κ3) is 3.62. The first-order valence-corrected chi connectivity index (χ1v) is 6.58. The molecule has 0 atom stereocenters. The number of hydrogen-bond donors (Lipinski definition) is 2. The Morgan fingerprint density at radius 1 is 1.24 bits per heavy atom. The lowest BCUT2D eigenvalue weighted by Crippen LogP contribution is -2.14. The lowest BCUT2D eigenvalue weighted by atomic mass is 10.2. The van der Waals surface area contributed by atoms with Crippen LogP contribution in [0.25, 0.3) is 0 Å². The Morgan fingerprint density at radius 2 is 2.00 bits per heavy atom. The molecule has 3 N–H and O–H groups in total. The Hall–Kier alpha value is -2.76. The van der Waals surface area contributed by atoms with Crippen LogP contribution in [0.1, 0.15) is 18.9 Å². The van der Waals surface area contributed by atoms with E-state index in [4.69, 9.17) is 20.4 Å². The van der Waals surface area contributed by atoms with Crippen LogP contribution in [0.4, 0.5) is 0 Å². The van der Waals surface area contributed by atoms with Gasteiger partial charge in [-0.15, -0.1) is 0 Å². The summed E-state index contributed by atoms with van der Waals surface area (Å²) in [5.41, 5.74) is 6.02. The highest BCUT2D eigenvalue weighted by atomic mass is 16.5. The standard InChI is InChI=1S/C15H17N3O3/c1-2-10-20-12-7-3-4-8-13(12)21-15-11(14(16)18-19)6-5-9-17-15/h3-9,19H,2,10H2,1H3,(H2,16,18).